The first-order valence-electron chi connectivity index (χ1n) is 5.65. The number of rotatable bonds is 3. The molecule has 0 N–H and O–H groups in total. The third kappa shape index (κ3) is 2.47. The summed E-state index contributed by atoms with van der Waals surface area (Å²) in [4.78, 5) is 16.0. The zero-order valence-electron chi connectivity index (χ0n) is 9.44. The second-order valence-electron chi connectivity index (χ2n) is 4.10. The van der Waals surface area contributed by atoms with Gasteiger partial charge in [-0.3, -0.25) is 4.79 Å². The minimum atomic E-state index is -0.194. The molecule has 5 nitrogen and oxygen atoms in total. The van der Waals surface area contributed by atoms with Crippen LogP contribution in [0.2, 0.25) is 0 Å². The highest BCUT2D eigenvalue weighted by Gasteiger charge is 2.27. The summed E-state index contributed by atoms with van der Waals surface area (Å²) in [5, 5.41) is 3.78. The number of ether oxygens (including phenoxy) is 1. The highest BCUT2D eigenvalue weighted by molar-refractivity contribution is 5.84. The third-order valence-electron chi connectivity index (χ3n) is 2.86. The molecule has 2 rings (SSSR count). The molecular weight excluding hydrogens is 208 g/mol. The number of carbonyl (C=O) groups excluding carboxylic acids is 1. The van der Waals surface area contributed by atoms with Crippen LogP contribution < -0.4 is 0 Å². The van der Waals surface area contributed by atoms with Crippen LogP contribution in [0.5, 0.6) is 0 Å². The molecule has 0 spiro atoms. The van der Waals surface area contributed by atoms with Crippen molar-refractivity contribution in [1.29, 1.82) is 0 Å². The first kappa shape index (κ1) is 11.3. The van der Waals surface area contributed by atoms with Crippen molar-refractivity contribution in [2.75, 3.05) is 7.11 Å². The summed E-state index contributed by atoms with van der Waals surface area (Å²) in [6.45, 7) is 0.324. The van der Waals surface area contributed by atoms with Crippen LogP contribution in [-0.4, -0.2) is 23.0 Å². The average molecular weight is 224 g/mol. The summed E-state index contributed by atoms with van der Waals surface area (Å²) in [6.07, 6.45) is 4.61. The van der Waals surface area contributed by atoms with Gasteiger partial charge in [-0.2, -0.15) is 4.98 Å². The smallest absolute Gasteiger partial charge is 0.237 e. The fraction of sp³-hybridized carbons (Fsp3) is 0.727. The maximum atomic E-state index is 11.8. The molecule has 1 aliphatic rings. The summed E-state index contributed by atoms with van der Waals surface area (Å²) >= 11 is 0. The standard InChI is InChI=1S/C11H16N2O3/c1-15-7-10-12-11(16-13-10)8-5-3-2-4-6-9(8)14/h8H,2-7H2,1H3. The van der Waals surface area contributed by atoms with Crippen LogP contribution in [0.25, 0.3) is 0 Å². The fourth-order valence-electron chi connectivity index (χ4n) is 2.02. The van der Waals surface area contributed by atoms with Gasteiger partial charge in [0.2, 0.25) is 5.89 Å². The van der Waals surface area contributed by atoms with Crippen molar-refractivity contribution in [3.8, 4) is 0 Å². The van der Waals surface area contributed by atoms with Crippen molar-refractivity contribution >= 4 is 5.78 Å². The number of Topliss-reactive ketones (excluding diaryl/α,β-unsaturated/α-hetero) is 1. The maximum Gasteiger partial charge on any atom is 0.237 e. The molecule has 88 valence electrons. The van der Waals surface area contributed by atoms with Crippen LogP contribution in [0.1, 0.15) is 49.7 Å². The van der Waals surface area contributed by atoms with Gasteiger partial charge >= 0.3 is 0 Å². The van der Waals surface area contributed by atoms with E-state index in [2.05, 4.69) is 10.1 Å². The lowest BCUT2D eigenvalue weighted by Gasteiger charge is -2.06. The molecule has 5 heteroatoms. The van der Waals surface area contributed by atoms with Gasteiger partial charge in [-0.1, -0.05) is 18.0 Å². The van der Waals surface area contributed by atoms with Crippen LogP contribution in [0.3, 0.4) is 0 Å². The lowest BCUT2D eigenvalue weighted by atomic mass is 9.99. The Bertz CT molecular complexity index is 362. The molecule has 1 aliphatic carbocycles. The van der Waals surface area contributed by atoms with Crippen molar-refractivity contribution < 1.29 is 14.1 Å². The van der Waals surface area contributed by atoms with Crippen molar-refractivity contribution in [2.24, 2.45) is 0 Å². The molecule has 0 aromatic carbocycles. The van der Waals surface area contributed by atoms with E-state index in [9.17, 15) is 4.79 Å². The Hall–Kier alpha value is -1.23. The van der Waals surface area contributed by atoms with Crippen LogP contribution in [0.15, 0.2) is 4.52 Å². The van der Waals surface area contributed by atoms with E-state index in [4.69, 9.17) is 9.26 Å². The van der Waals surface area contributed by atoms with Gasteiger partial charge in [-0.25, -0.2) is 0 Å². The normalized spacial score (nSPS) is 22.1. The molecule has 16 heavy (non-hydrogen) atoms. The van der Waals surface area contributed by atoms with Gasteiger partial charge in [0.1, 0.15) is 12.4 Å². The van der Waals surface area contributed by atoms with Crippen LogP contribution in [0.4, 0.5) is 0 Å². The Labute approximate surface area is 94.2 Å². The van der Waals surface area contributed by atoms with Crippen molar-refractivity contribution in [3.63, 3.8) is 0 Å². The van der Waals surface area contributed by atoms with Crippen molar-refractivity contribution in [3.05, 3.63) is 11.7 Å². The van der Waals surface area contributed by atoms with Gasteiger partial charge in [0.05, 0.1) is 5.92 Å². The quantitative estimate of drug-likeness (QED) is 0.733. The molecule has 1 saturated carbocycles. The number of methoxy groups -OCH3 is 1. The molecule has 1 aromatic rings. The summed E-state index contributed by atoms with van der Waals surface area (Å²) in [5.41, 5.74) is 0. The van der Waals surface area contributed by atoms with E-state index in [1.807, 2.05) is 0 Å². The predicted octanol–water partition coefficient (Wildman–Crippen LogP) is 1.83. The second kappa shape index (κ2) is 5.21. The highest BCUT2D eigenvalue weighted by atomic mass is 16.5. The Balaban J connectivity index is 2.11. The lowest BCUT2D eigenvalue weighted by Crippen LogP contribution is -2.10. The van der Waals surface area contributed by atoms with Crippen LogP contribution >= 0.6 is 0 Å². The molecule has 1 fully saturated rings. The Morgan fingerprint density at radius 1 is 1.44 bits per heavy atom. The number of hydrogen-bond donors (Lipinski definition) is 0. The van der Waals surface area contributed by atoms with E-state index < -0.39 is 0 Å². The van der Waals surface area contributed by atoms with Gasteiger partial charge in [0.25, 0.3) is 0 Å². The highest BCUT2D eigenvalue weighted by Crippen LogP contribution is 2.27. The zero-order valence-corrected chi connectivity index (χ0v) is 9.44. The summed E-state index contributed by atoms with van der Waals surface area (Å²) in [5.74, 6) is 0.999. The van der Waals surface area contributed by atoms with Crippen LogP contribution in [-0.2, 0) is 16.1 Å². The number of ketones is 1. The molecule has 0 bridgehead atoms. The molecule has 1 heterocycles. The zero-order chi connectivity index (χ0) is 11.4. The minimum absolute atomic E-state index is 0.194. The summed E-state index contributed by atoms with van der Waals surface area (Å²) in [7, 11) is 1.58. The first-order valence-corrected chi connectivity index (χ1v) is 5.65. The van der Waals surface area contributed by atoms with Crippen molar-refractivity contribution in [2.45, 2.75) is 44.6 Å². The topological polar surface area (TPSA) is 65.2 Å². The fourth-order valence-corrected chi connectivity index (χ4v) is 2.02. The van der Waals surface area contributed by atoms with Gasteiger partial charge in [-0.15, -0.1) is 0 Å². The first-order chi connectivity index (χ1) is 7.81. The molecule has 0 radical (unpaired) electrons. The third-order valence-corrected chi connectivity index (χ3v) is 2.86. The lowest BCUT2D eigenvalue weighted by molar-refractivity contribution is -0.120. The maximum absolute atomic E-state index is 11.8. The minimum Gasteiger partial charge on any atom is -0.377 e. The van der Waals surface area contributed by atoms with E-state index in [-0.39, 0.29) is 11.7 Å². The summed E-state index contributed by atoms with van der Waals surface area (Å²) in [6, 6.07) is 0. The summed E-state index contributed by atoms with van der Waals surface area (Å²) < 4.78 is 10.0. The van der Waals surface area contributed by atoms with Gasteiger partial charge in [-0.05, 0) is 12.8 Å². The SMILES string of the molecule is COCc1noc(C2CCCCCC2=O)n1. The molecule has 1 aromatic heterocycles. The molecule has 0 aliphatic heterocycles. The molecule has 1 unspecified atom stereocenters. The number of hydrogen-bond acceptors (Lipinski definition) is 5. The van der Waals surface area contributed by atoms with E-state index >= 15 is 0 Å². The average Bonchev–Trinajstić information content (AvgIpc) is 2.61. The number of aromatic nitrogens is 2. The Kier molecular flexibility index (Phi) is 3.66. The van der Waals surface area contributed by atoms with E-state index in [1.165, 1.54) is 0 Å². The van der Waals surface area contributed by atoms with E-state index in [1.54, 1.807) is 7.11 Å². The largest absolute Gasteiger partial charge is 0.377 e. The Morgan fingerprint density at radius 3 is 3.12 bits per heavy atom. The number of carbonyl (C=O) groups is 1. The van der Waals surface area contributed by atoms with E-state index in [0.717, 1.165) is 25.7 Å². The number of nitrogens with zero attached hydrogens (tertiary/aromatic N) is 2. The molecule has 1 atom stereocenters. The Morgan fingerprint density at radius 2 is 2.31 bits per heavy atom. The van der Waals surface area contributed by atoms with Crippen molar-refractivity contribution in [1.82, 2.24) is 10.1 Å². The molecule has 0 amide bonds. The van der Waals surface area contributed by atoms with Gasteiger partial charge in [0.15, 0.2) is 5.82 Å². The van der Waals surface area contributed by atoms with Crippen LogP contribution in [0, 0.1) is 0 Å². The van der Waals surface area contributed by atoms with E-state index in [0.29, 0.717) is 24.7 Å². The van der Waals surface area contributed by atoms with Gasteiger partial charge in [0, 0.05) is 13.5 Å². The second-order valence-corrected chi connectivity index (χ2v) is 4.10. The van der Waals surface area contributed by atoms with Gasteiger partial charge < -0.3 is 9.26 Å². The molecular formula is C11H16N2O3. The predicted molar refractivity (Wildman–Crippen MR) is 55.8 cm³/mol. The monoisotopic (exact) mass is 224 g/mol. The molecule has 0 saturated heterocycles.